The van der Waals surface area contributed by atoms with Crippen molar-refractivity contribution in [1.29, 1.82) is 0 Å². The van der Waals surface area contributed by atoms with Crippen molar-refractivity contribution in [2.45, 2.75) is 34.1 Å². The van der Waals surface area contributed by atoms with Crippen LogP contribution in [0.2, 0.25) is 0 Å². The Labute approximate surface area is 121 Å². The van der Waals surface area contributed by atoms with Crippen LogP contribution in [0.5, 0.6) is 0 Å². The van der Waals surface area contributed by atoms with Gasteiger partial charge >= 0.3 is 0 Å². The molecule has 0 aromatic rings. The zero-order valence-electron chi connectivity index (χ0n) is 8.30. The first-order chi connectivity index (χ1) is 6.86. The van der Waals surface area contributed by atoms with Crippen LogP contribution in [0.25, 0.3) is 0 Å². The van der Waals surface area contributed by atoms with Gasteiger partial charge in [0, 0.05) is 13.1 Å². The molecule has 5 nitrogen and oxygen atoms in total. The molecule has 1 saturated heterocycles. The van der Waals surface area contributed by atoms with E-state index in [0.29, 0.717) is 0 Å². The van der Waals surface area contributed by atoms with Crippen LogP contribution in [-0.4, -0.2) is 38.0 Å². The van der Waals surface area contributed by atoms with Gasteiger partial charge in [-0.15, -0.1) is 0 Å². The van der Waals surface area contributed by atoms with Gasteiger partial charge in [0.1, 0.15) is 0 Å². The molecule has 1 aliphatic heterocycles. The second-order valence-electron chi connectivity index (χ2n) is 2.69. The molecule has 1 heterocycles. The maximum atomic E-state index is 7.56. The predicted octanol–water partition coefficient (Wildman–Crippen LogP) is 2.17. The molecule has 0 radical (unpaired) electrons. The van der Waals surface area contributed by atoms with Crippen LogP contribution in [-0.2, 0) is 0 Å². The Morgan fingerprint density at radius 3 is 1.29 bits per heavy atom. The standard InChI is InChI=1S/C5H11NS.2CH3NOS.2CH4/c7-6-4-2-1-3-5-6;2*2-1(3)4;;/h7H,1-5H2;2*(H3,2,3,4);2*1H4. The number of hydrogen-bond acceptors (Lipinski definition) is 4. The summed E-state index contributed by atoms with van der Waals surface area (Å²) < 4.78 is 2.09. The van der Waals surface area contributed by atoms with Crippen LogP contribution >= 0.6 is 37.3 Å². The van der Waals surface area contributed by atoms with E-state index >= 15 is 0 Å². The minimum absolute atomic E-state index is 0. The third-order valence-electron chi connectivity index (χ3n) is 1.33. The van der Waals surface area contributed by atoms with E-state index < -0.39 is 10.3 Å². The average molecular weight is 304 g/mol. The van der Waals surface area contributed by atoms with E-state index in [1.54, 1.807) is 0 Å². The van der Waals surface area contributed by atoms with Crippen molar-refractivity contribution in [1.82, 2.24) is 4.31 Å². The topological polar surface area (TPSA) is 95.7 Å². The zero-order valence-corrected chi connectivity index (χ0v) is 10.8. The fourth-order valence-corrected chi connectivity index (χ4v) is 1.16. The first kappa shape index (κ1) is 25.5. The lowest BCUT2D eigenvalue weighted by molar-refractivity contribution is 0.385. The lowest BCUT2D eigenvalue weighted by atomic mass is 10.2. The highest BCUT2D eigenvalue weighted by molar-refractivity contribution is 7.80. The van der Waals surface area contributed by atoms with Crippen molar-refractivity contribution < 1.29 is 10.2 Å². The Balaban J connectivity index is -0.0000000755. The lowest BCUT2D eigenvalue weighted by Gasteiger charge is -2.19. The van der Waals surface area contributed by atoms with Gasteiger partial charge in [0.25, 0.3) is 10.3 Å². The Hall–Kier alpha value is -0.310. The van der Waals surface area contributed by atoms with Gasteiger partial charge in [-0.05, 0) is 37.3 Å². The maximum Gasteiger partial charge on any atom is 0.251 e. The quantitative estimate of drug-likeness (QED) is 0.346. The predicted molar refractivity (Wildman–Crippen MR) is 86.7 cm³/mol. The molecule has 0 saturated carbocycles. The van der Waals surface area contributed by atoms with Crippen LogP contribution in [0.1, 0.15) is 34.1 Å². The molecule has 1 rings (SSSR count). The molecule has 0 aromatic carbocycles. The first-order valence-electron chi connectivity index (χ1n) is 4.27. The van der Waals surface area contributed by atoms with Crippen molar-refractivity contribution in [3.63, 3.8) is 0 Å². The van der Waals surface area contributed by atoms with Gasteiger partial charge in [-0.2, -0.15) is 0 Å². The number of piperidine rings is 1. The number of nitrogens with zero attached hydrogens (tertiary/aromatic N) is 1. The Morgan fingerprint density at radius 2 is 1.18 bits per heavy atom. The normalized spacial score (nSPS) is 13.2. The summed E-state index contributed by atoms with van der Waals surface area (Å²) in [6.07, 6.45) is 4.07. The molecule has 0 atom stereocenters. The van der Waals surface area contributed by atoms with Gasteiger partial charge in [-0.25, -0.2) is 0 Å². The van der Waals surface area contributed by atoms with Crippen molar-refractivity contribution in [2.75, 3.05) is 13.1 Å². The van der Waals surface area contributed by atoms with Gasteiger partial charge in [0.15, 0.2) is 0 Å². The molecule has 17 heavy (non-hydrogen) atoms. The number of rotatable bonds is 0. The van der Waals surface area contributed by atoms with Crippen molar-refractivity contribution in [2.24, 2.45) is 11.5 Å². The highest BCUT2D eigenvalue weighted by Crippen LogP contribution is 2.08. The van der Waals surface area contributed by atoms with E-state index in [-0.39, 0.29) is 14.9 Å². The molecule has 0 spiro atoms. The van der Waals surface area contributed by atoms with Crippen LogP contribution < -0.4 is 11.5 Å². The Kier molecular flexibility index (Phi) is 27.1. The maximum absolute atomic E-state index is 7.56. The van der Waals surface area contributed by atoms with Crippen molar-refractivity contribution in [3.8, 4) is 0 Å². The minimum Gasteiger partial charge on any atom is -0.487 e. The summed E-state index contributed by atoms with van der Waals surface area (Å²) in [5, 5.41) is 14.1. The summed E-state index contributed by atoms with van der Waals surface area (Å²) in [6.45, 7) is 2.37. The summed E-state index contributed by atoms with van der Waals surface area (Å²) in [6, 6.07) is 0. The van der Waals surface area contributed by atoms with E-state index in [1.165, 1.54) is 32.4 Å². The molecule has 0 aliphatic carbocycles. The molecule has 1 fully saturated rings. The van der Waals surface area contributed by atoms with E-state index in [1.807, 2.05) is 0 Å². The summed E-state index contributed by atoms with van der Waals surface area (Å²) >= 11 is 11.9. The van der Waals surface area contributed by atoms with E-state index in [2.05, 4.69) is 53.0 Å². The fraction of sp³-hybridized carbons (Fsp3) is 0.778. The molecule has 0 aromatic heterocycles. The Bertz CT molecular complexity index is 168. The third kappa shape index (κ3) is 49.7. The smallest absolute Gasteiger partial charge is 0.251 e. The molecular weight excluding hydrogens is 278 g/mol. The fourth-order valence-electron chi connectivity index (χ4n) is 0.877. The summed E-state index contributed by atoms with van der Waals surface area (Å²) in [7, 11) is 0. The second kappa shape index (κ2) is 18.1. The van der Waals surface area contributed by atoms with Crippen LogP contribution in [0.3, 0.4) is 0 Å². The average Bonchev–Trinajstić information content (AvgIpc) is 2.03. The summed E-state index contributed by atoms with van der Waals surface area (Å²) in [5.74, 6) is 0. The molecule has 0 unspecified atom stereocenters. The third-order valence-corrected chi connectivity index (χ3v) is 1.73. The van der Waals surface area contributed by atoms with Gasteiger partial charge < -0.3 is 21.7 Å². The monoisotopic (exact) mass is 303 g/mol. The van der Waals surface area contributed by atoms with Crippen molar-refractivity contribution >= 4 is 47.6 Å². The highest BCUT2D eigenvalue weighted by Gasteiger charge is 2.03. The number of aliphatic hydroxyl groups is 2. The number of thiol groups is 1. The van der Waals surface area contributed by atoms with Gasteiger partial charge in [0.05, 0.1) is 0 Å². The minimum atomic E-state index is -0.500. The number of aliphatic hydroxyl groups excluding tert-OH is 2. The van der Waals surface area contributed by atoms with Gasteiger partial charge in [-0.3, -0.25) is 4.31 Å². The number of hydrogen-bond donors (Lipinski definition) is 5. The van der Waals surface area contributed by atoms with E-state index in [0.717, 1.165) is 0 Å². The van der Waals surface area contributed by atoms with E-state index in [9.17, 15) is 0 Å². The van der Waals surface area contributed by atoms with Crippen molar-refractivity contribution in [3.05, 3.63) is 0 Å². The SMILES string of the molecule is C.C.NC(O)=S.NC(O)=S.SN1CCCCC1. The molecule has 8 heteroatoms. The van der Waals surface area contributed by atoms with Crippen LogP contribution in [0.15, 0.2) is 0 Å². The zero-order chi connectivity index (χ0) is 12.3. The number of thiocarbonyl (C=S) groups is 2. The van der Waals surface area contributed by atoms with E-state index in [4.69, 9.17) is 10.2 Å². The molecular formula is C9H25N3O2S3. The molecule has 1 aliphatic rings. The molecule has 6 N–H and O–H groups in total. The largest absolute Gasteiger partial charge is 0.487 e. The molecule has 0 amide bonds. The van der Waals surface area contributed by atoms with Crippen LogP contribution in [0, 0.1) is 0 Å². The molecule has 0 bridgehead atoms. The van der Waals surface area contributed by atoms with Crippen LogP contribution in [0.4, 0.5) is 0 Å². The lowest BCUT2D eigenvalue weighted by Crippen LogP contribution is -2.19. The second-order valence-corrected chi connectivity index (χ2v) is 4.09. The highest BCUT2D eigenvalue weighted by atomic mass is 32.1. The molecule has 106 valence electrons. The number of nitrogens with two attached hydrogens (primary N) is 2. The van der Waals surface area contributed by atoms with Gasteiger partial charge in [0.2, 0.25) is 0 Å². The van der Waals surface area contributed by atoms with Gasteiger partial charge in [-0.1, -0.05) is 34.1 Å². The summed E-state index contributed by atoms with van der Waals surface area (Å²) in [5.41, 5.74) is 8.80. The summed E-state index contributed by atoms with van der Waals surface area (Å²) in [4.78, 5) is 0. The first-order valence-corrected chi connectivity index (χ1v) is 5.48. The Morgan fingerprint density at radius 1 is 0.941 bits per heavy atom.